The predicted molar refractivity (Wildman–Crippen MR) is 70.8 cm³/mol. The third-order valence-electron chi connectivity index (χ3n) is 2.52. The number of rotatable bonds is 3. The smallest absolute Gasteiger partial charge is 0.257 e. The van der Waals surface area contributed by atoms with Crippen molar-refractivity contribution in [3.8, 4) is 0 Å². The van der Waals surface area contributed by atoms with Crippen LogP contribution in [0.3, 0.4) is 0 Å². The fraction of sp³-hybridized carbons (Fsp3) is 0.154. The van der Waals surface area contributed by atoms with Crippen molar-refractivity contribution in [3.05, 3.63) is 52.7 Å². The Bertz CT molecular complexity index is 554. The number of halogens is 1. The van der Waals surface area contributed by atoms with Crippen molar-refractivity contribution >= 4 is 23.3 Å². The zero-order chi connectivity index (χ0) is 13.0. The number of nitrogens with one attached hydrogen (secondary N) is 1. The number of aryl methyl sites for hydroxylation is 1. The van der Waals surface area contributed by atoms with Crippen LogP contribution in [0.2, 0.25) is 5.15 Å². The molecule has 4 nitrogen and oxygen atoms in total. The van der Waals surface area contributed by atoms with Gasteiger partial charge < -0.3 is 5.32 Å². The monoisotopic (exact) mass is 261 g/mol. The standard InChI is InChI=1S/C13H12ClN3O/c1-2-9-5-3-4-6-10(9)13(18)15-12-8-7-11(14)16-17-12/h3-8H,2H2,1H3,(H,15,17,18). The van der Waals surface area contributed by atoms with E-state index in [0.717, 1.165) is 12.0 Å². The van der Waals surface area contributed by atoms with Gasteiger partial charge in [0.15, 0.2) is 11.0 Å². The molecule has 1 aromatic carbocycles. The number of nitrogens with zero attached hydrogens (tertiary/aromatic N) is 2. The lowest BCUT2D eigenvalue weighted by atomic mass is 10.0. The third-order valence-corrected chi connectivity index (χ3v) is 2.72. The summed E-state index contributed by atoms with van der Waals surface area (Å²) in [5.41, 5.74) is 1.65. The normalized spacial score (nSPS) is 10.1. The molecule has 0 bridgehead atoms. The minimum absolute atomic E-state index is 0.191. The second-order valence-electron chi connectivity index (χ2n) is 3.71. The minimum atomic E-state index is -0.191. The predicted octanol–water partition coefficient (Wildman–Crippen LogP) is 2.94. The zero-order valence-electron chi connectivity index (χ0n) is 9.85. The Morgan fingerprint density at radius 1 is 1.22 bits per heavy atom. The highest BCUT2D eigenvalue weighted by Crippen LogP contribution is 2.12. The molecule has 0 aliphatic rings. The first-order chi connectivity index (χ1) is 8.70. The van der Waals surface area contributed by atoms with Gasteiger partial charge in [0.05, 0.1) is 0 Å². The summed E-state index contributed by atoms with van der Waals surface area (Å²) in [6, 6.07) is 10.7. The fourth-order valence-corrected chi connectivity index (χ4v) is 1.72. The SMILES string of the molecule is CCc1ccccc1C(=O)Nc1ccc(Cl)nn1. The third kappa shape index (κ3) is 2.84. The van der Waals surface area contributed by atoms with Crippen LogP contribution in [0.1, 0.15) is 22.8 Å². The molecule has 92 valence electrons. The maximum atomic E-state index is 12.1. The minimum Gasteiger partial charge on any atom is -0.305 e. The average molecular weight is 262 g/mol. The Morgan fingerprint density at radius 2 is 2.00 bits per heavy atom. The van der Waals surface area contributed by atoms with E-state index in [1.54, 1.807) is 18.2 Å². The second-order valence-corrected chi connectivity index (χ2v) is 4.09. The second kappa shape index (κ2) is 5.60. The van der Waals surface area contributed by atoms with Gasteiger partial charge in [-0.25, -0.2) is 0 Å². The van der Waals surface area contributed by atoms with Crippen LogP contribution < -0.4 is 5.32 Å². The fourth-order valence-electron chi connectivity index (χ4n) is 1.62. The molecule has 0 saturated heterocycles. The van der Waals surface area contributed by atoms with Gasteiger partial charge in [0.25, 0.3) is 5.91 Å². The molecule has 18 heavy (non-hydrogen) atoms. The number of hydrogen-bond acceptors (Lipinski definition) is 3. The van der Waals surface area contributed by atoms with Gasteiger partial charge in [0.2, 0.25) is 0 Å². The highest BCUT2D eigenvalue weighted by atomic mass is 35.5. The number of anilines is 1. The lowest BCUT2D eigenvalue weighted by Gasteiger charge is -2.07. The van der Waals surface area contributed by atoms with Gasteiger partial charge in [-0.1, -0.05) is 36.7 Å². The van der Waals surface area contributed by atoms with E-state index in [1.807, 2.05) is 25.1 Å². The highest BCUT2D eigenvalue weighted by molar-refractivity contribution is 6.29. The molecule has 0 spiro atoms. The van der Waals surface area contributed by atoms with Crippen LogP contribution in [-0.4, -0.2) is 16.1 Å². The Kier molecular flexibility index (Phi) is 3.89. The molecule has 0 aliphatic carbocycles. The van der Waals surface area contributed by atoms with Crippen molar-refractivity contribution in [2.75, 3.05) is 5.32 Å². The number of carbonyl (C=O) groups excluding carboxylic acids is 1. The van der Waals surface area contributed by atoms with Crippen molar-refractivity contribution in [1.82, 2.24) is 10.2 Å². The van der Waals surface area contributed by atoms with E-state index in [4.69, 9.17) is 11.6 Å². The number of carbonyl (C=O) groups is 1. The Hall–Kier alpha value is -1.94. The van der Waals surface area contributed by atoms with Gasteiger partial charge in [-0.3, -0.25) is 4.79 Å². The summed E-state index contributed by atoms with van der Waals surface area (Å²) in [7, 11) is 0. The van der Waals surface area contributed by atoms with Crippen molar-refractivity contribution in [3.63, 3.8) is 0 Å². The quantitative estimate of drug-likeness (QED) is 0.924. The van der Waals surface area contributed by atoms with Crippen molar-refractivity contribution in [2.45, 2.75) is 13.3 Å². The Morgan fingerprint density at radius 3 is 2.67 bits per heavy atom. The zero-order valence-corrected chi connectivity index (χ0v) is 10.6. The van der Waals surface area contributed by atoms with E-state index in [2.05, 4.69) is 15.5 Å². The summed E-state index contributed by atoms with van der Waals surface area (Å²) >= 11 is 5.63. The molecule has 0 saturated carbocycles. The summed E-state index contributed by atoms with van der Waals surface area (Å²) < 4.78 is 0. The molecule has 5 heteroatoms. The van der Waals surface area contributed by atoms with Crippen LogP contribution in [0.15, 0.2) is 36.4 Å². The highest BCUT2D eigenvalue weighted by Gasteiger charge is 2.10. The van der Waals surface area contributed by atoms with Crippen LogP contribution in [0.5, 0.6) is 0 Å². The molecule has 1 aromatic heterocycles. The van der Waals surface area contributed by atoms with Crippen molar-refractivity contribution in [2.24, 2.45) is 0 Å². The molecule has 1 heterocycles. The first-order valence-electron chi connectivity index (χ1n) is 5.59. The topological polar surface area (TPSA) is 54.9 Å². The van der Waals surface area contributed by atoms with E-state index in [0.29, 0.717) is 16.5 Å². The lowest BCUT2D eigenvalue weighted by Crippen LogP contribution is -2.15. The van der Waals surface area contributed by atoms with E-state index < -0.39 is 0 Å². The van der Waals surface area contributed by atoms with Gasteiger partial charge in [-0.05, 0) is 30.2 Å². The first-order valence-corrected chi connectivity index (χ1v) is 5.97. The largest absolute Gasteiger partial charge is 0.305 e. The van der Waals surface area contributed by atoms with E-state index in [-0.39, 0.29) is 5.91 Å². The Balaban J connectivity index is 2.19. The molecule has 1 amide bonds. The number of benzene rings is 1. The van der Waals surface area contributed by atoms with Crippen LogP contribution >= 0.6 is 11.6 Å². The van der Waals surface area contributed by atoms with Crippen LogP contribution in [0.25, 0.3) is 0 Å². The molecule has 0 radical (unpaired) electrons. The Labute approximate surface area is 110 Å². The summed E-state index contributed by atoms with van der Waals surface area (Å²) in [6.07, 6.45) is 0.801. The summed E-state index contributed by atoms with van der Waals surface area (Å²) in [5.74, 6) is 0.194. The van der Waals surface area contributed by atoms with E-state index in [1.165, 1.54) is 0 Å². The molecular weight excluding hydrogens is 250 g/mol. The molecule has 2 rings (SSSR count). The van der Waals surface area contributed by atoms with Gasteiger partial charge in [-0.15, -0.1) is 10.2 Å². The van der Waals surface area contributed by atoms with E-state index >= 15 is 0 Å². The maximum Gasteiger partial charge on any atom is 0.257 e. The van der Waals surface area contributed by atoms with Crippen LogP contribution in [0.4, 0.5) is 5.82 Å². The summed E-state index contributed by atoms with van der Waals surface area (Å²) in [6.45, 7) is 2.01. The molecule has 0 unspecified atom stereocenters. The van der Waals surface area contributed by atoms with Crippen molar-refractivity contribution < 1.29 is 4.79 Å². The van der Waals surface area contributed by atoms with Gasteiger partial charge in [0, 0.05) is 5.56 Å². The molecule has 0 atom stereocenters. The summed E-state index contributed by atoms with van der Waals surface area (Å²) in [5, 5.41) is 10.4. The molecule has 2 aromatic rings. The van der Waals surface area contributed by atoms with Crippen LogP contribution in [-0.2, 0) is 6.42 Å². The number of hydrogen-bond donors (Lipinski definition) is 1. The van der Waals surface area contributed by atoms with Crippen molar-refractivity contribution in [1.29, 1.82) is 0 Å². The lowest BCUT2D eigenvalue weighted by molar-refractivity contribution is 0.102. The number of amides is 1. The van der Waals surface area contributed by atoms with Gasteiger partial charge in [0.1, 0.15) is 0 Å². The molecular formula is C13H12ClN3O. The summed E-state index contributed by atoms with van der Waals surface area (Å²) in [4.78, 5) is 12.1. The molecule has 0 aliphatic heterocycles. The molecule has 1 N–H and O–H groups in total. The number of aromatic nitrogens is 2. The first kappa shape index (κ1) is 12.5. The average Bonchev–Trinajstić information content (AvgIpc) is 2.41. The van der Waals surface area contributed by atoms with Crippen LogP contribution in [0, 0.1) is 0 Å². The van der Waals surface area contributed by atoms with E-state index in [9.17, 15) is 4.79 Å². The molecule has 0 fully saturated rings. The van der Waals surface area contributed by atoms with Gasteiger partial charge in [-0.2, -0.15) is 0 Å². The van der Waals surface area contributed by atoms with Gasteiger partial charge >= 0.3 is 0 Å². The maximum absolute atomic E-state index is 12.1.